The van der Waals surface area contributed by atoms with Gasteiger partial charge in [-0.15, -0.1) is 0 Å². The minimum absolute atomic E-state index is 0.0893. The zero-order valence-electron chi connectivity index (χ0n) is 14.4. The molecule has 2 atom stereocenters. The lowest BCUT2D eigenvalue weighted by atomic mass is 9.90. The number of esters is 1. The molecule has 5 nitrogen and oxygen atoms in total. The molecule has 27 heavy (non-hydrogen) atoms. The third-order valence-electron chi connectivity index (χ3n) is 4.14. The summed E-state index contributed by atoms with van der Waals surface area (Å²) >= 11 is 6.83. The van der Waals surface area contributed by atoms with E-state index in [1.807, 2.05) is 54.6 Å². The fourth-order valence-electron chi connectivity index (χ4n) is 2.72. The zero-order chi connectivity index (χ0) is 19.4. The van der Waals surface area contributed by atoms with Crippen molar-refractivity contribution in [2.24, 2.45) is 0 Å². The highest BCUT2D eigenvalue weighted by atomic mass is 79.9. The number of benzene rings is 2. The summed E-state index contributed by atoms with van der Waals surface area (Å²) in [4.78, 5) is 16.0. The number of nitrogens with zero attached hydrogens (tertiary/aromatic N) is 1. The summed E-state index contributed by atoms with van der Waals surface area (Å²) in [6.07, 6.45) is 1.42. The van der Waals surface area contributed by atoms with Crippen molar-refractivity contribution in [2.45, 2.75) is 16.8 Å². The third-order valence-corrected chi connectivity index (χ3v) is 5.95. The Hall–Kier alpha value is -1.96. The molecule has 0 radical (unpaired) electrons. The first-order valence-electron chi connectivity index (χ1n) is 8.14. The number of hydrogen-bond acceptors (Lipinski definition) is 5. The Morgan fingerprint density at radius 2 is 1.89 bits per heavy atom. The molecule has 7 heteroatoms. The Morgan fingerprint density at radius 1 is 1.22 bits per heavy atom. The van der Waals surface area contributed by atoms with E-state index >= 15 is 0 Å². The van der Waals surface area contributed by atoms with Gasteiger partial charge < -0.3 is 14.3 Å². The molecule has 0 aliphatic rings. The fourth-order valence-corrected chi connectivity index (χ4v) is 3.64. The van der Waals surface area contributed by atoms with Crippen LogP contribution in [-0.2, 0) is 16.0 Å². The maximum atomic E-state index is 12.4. The highest BCUT2D eigenvalue weighted by Gasteiger charge is 2.46. The van der Waals surface area contributed by atoms with Gasteiger partial charge in [-0.05, 0) is 29.8 Å². The number of halogens is 2. The summed E-state index contributed by atoms with van der Waals surface area (Å²) in [5.74, 6) is 0.0339. The summed E-state index contributed by atoms with van der Waals surface area (Å²) in [5.41, 5.74) is -0.311. The maximum absolute atomic E-state index is 12.4. The van der Waals surface area contributed by atoms with Crippen LogP contribution in [0.2, 0.25) is 0 Å². The summed E-state index contributed by atoms with van der Waals surface area (Å²) < 4.78 is 11.6. The Bertz CT molecular complexity index is 911. The number of hydrogen-bond donors (Lipinski definition) is 1. The van der Waals surface area contributed by atoms with E-state index in [1.54, 1.807) is 0 Å². The van der Waals surface area contributed by atoms with Crippen molar-refractivity contribution in [3.63, 3.8) is 0 Å². The van der Waals surface area contributed by atoms with E-state index < -0.39 is 16.4 Å². The number of ether oxygens (including phenoxy) is 1. The van der Waals surface area contributed by atoms with E-state index in [-0.39, 0.29) is 6.42 Å². The van der Waals surface area contributed by atoms with Crippen molar-refractivity contribution < 1.29 is 19.1 Å². The molecule has 0 fully saturated rings. The molecule has 0 bridgehead atoms. The van der Waals surface area contributed by atoms with Gasteiger partial charge in [0.1, 0.15) is 5.76 Å². The van der Waals surface area contributed by atoms with Gasteiger partial charge in [0.2, 0.25) is 5.89 Å². The largest absolute Gasteiger partial charge is 0.467 e. The highest BCUT2D eigenvalue weighted by Crippen LogP contribution is 2.38. The summed E-state index contributed by atoms with van der Waals surface area (Å²) in [6, 6.07) is 16.7. The van der Waals surface area contributed by atoms with Crippen molar-refractivity contribution in [1.29, 1.82) is 0 Å². The molecule has 0 saturated heterocycles. The topological polar surface area (TPSA) is 72.6 Å². The molecule has 3 rings (SSSR count). The third kappa shape index (κ3) is 4.31. The number of aliphatic hydroxyl groups is 1. The first kappa shape index (κ1) is 19.8. The zero-order valence-corrected chi connectivity index (χ0v) is 17.6. The molecule has 140 valence electrons. The molecule has 3 aromatic rings. The first-order valence-corrected chi connectivity index (χ1v) is 9.85. The summed E-state index contributed by atoms with van der Waals surface area (Å²) in [5, 5.41) is 11.2. The fraction of sp³-hybridized carbons (Fsp3) is 0.200. The highest BCUT2D eigenvalue weighted by molar-refractivity contribution is 9.10. The predicted molar refractivity (Wildman–Crippen MR) is 108 cm³/mol. The van der Waals surface area contributed by atoms with Gasteiger partial charge in [0.05, 0.1) is 18.1 Å². The Labute approximate surface area is 173 Å². The van der Waals surface area contributed by atoms with Gasteiger partial charge in [-0.1, -0.05) is 62.2 Å². The molecule has 1 heterocycles. The summed E-state index contributed by atoms with van der Waals surface area (Å²) in [6.45, 7) is 0. The number of oxazole rings is 1. The second-order valence-corrected chi connectivity index (χ2v) is 7.84. The molecule has 0 amide bonds. The predicted octanol–water partition coefficient (Wildman–Crippen LogP) is 4.69. The monoisotopic (exact) mass is 493 g/mol. The number of methoxy groups -OCH3 is 1. The summed E-state index contributed by atoms with van der Waals surface area (Å²) in [7, 11) is 1.24. The van der Waals surface area contributed by atoms with E-state index in [2.05, 4.69) is 36.8 Å². The lowest BCUT2D eigenvalue weighted by Crippen LogP contribution is -2.45. The van der Waals surface area contributed by atoms with Crippen LogP contribution in [0.3, 0.4) is 0 Å². The van der Waals surface area contributed by atoms with Crippen molar-refractivity contribution in [1.82, 2.24) is 4.98 Å². The van der Waals surface area contributed by atoms with Crippen LogP contribution in [0.5, 0.6) is 0 Å². The average molecular weight is 495 g/mol. The van der Waals surface area contributed by atoms with Crippen LogP contribution in [0.1, 0.15) is 16.2 Å². The van der Waals surface area contributed by atoms with Crippen molar-refractivity contribution in [2.75, 3.05) is 7.11 Å². The van der Waals surface area contributed by atoms with Crippen molar-refractivity contribution in [3.05, 3.63) is 76.6 Å². The number of alkyl halides is 1. The van der Waals surface area contributed by atoms with Gasteiger partial charge >= 0.3 is 5.97 Å². The molecular formula is C20H17Br2NO4. The van der Waals surface area contributed by atoms with Crippen LogP contribution in [-0.4, -0.2) is 28.8 Å². The maximum Gasteiger partial charge on any atom is 0.339 e. The first-order chi connectivity index (χ1) is 12.9. The Morgan fingerprint density at radius 3 is 2.52 bits per heavy atom. The molecule has 0 aliphatic heterocycles. The second kappa shape index (κ2) is 8.37. The van der Waals surface area contributed by atoms with E-state index in [1.165, 1.54) is 13.3 Å². The standard InChI is InChI=1S/C20H17Br2NO4/c1-26-19(24)20(25,17(22)13-5-3-2-4-6-13)11-16-12-23-18(27-16)14-7-9-15(21)10-8-14/h2-10,12,17,25H,11H2,1H3. The number of carbonyl (C=O) groups is 1. The smallest absolute Gasteiger partial charge is 0.339 e. The molecule has 1 aromatic heterocycles. The van der Waals surface area contributed by atoms with Crippen LogP contribution in [0, 0.1) is 0 Å². The number of carbonyl (C=O) groups excluding carboxylic acids is 1. The molecule has 0 aliphatic carbocycles. The van der Waals surface area contributed by atoms with E-state index in [0.29, 0.717) is 11.7 Å². The van der Waals surface area contributed by atoms with Crippen LogP contribution in [0.25, 0.3) is 11.5 Å². The molecule has 2 unspecified atom stereocenters. The molecule has 0 saturated carbocycles. The van der Waals surface area contributed by atoms with Gasteiger partial charge in [0.15, 0.2) is 5.60 Å². The van der Waals surface area contributed by atoms with Crippen molar-refractivity contribution in [3.8, 4) is 11.5 Å². The minimum Gasteiger partial charge on any atom is -0.467 e. The van der Waals surface area contributed by atoms with Gasteiger partial charge in [0, 0.05) is 16.5 Å². The Kier molecular flexibility index (Phi) is 6.14. The van der Waals surface area contributed by atoms with E-state index in [4.69, 9.17) is 9.15 Å². The normalized spacial score (nSPS) is 14.4. The van der Waals surface area contributed by atoms with Crippen LogP contribution >= 0.6 is 31.9 Å². The number of aromatic nitrogens is 1. The van der Waals surface area contributed by atoms with Gasteiger partial charge in [-0.3, -0.25) is 0 Å². The van der Waals surface area contributed by atoms with E-state index in [9.17, 15) is 9.90 Å². The molecule has 0 spiro atoms. The van der Waals surface area contributed by atoms with E-state index in [0.717, 1.165) is 15.6 Å². The van der Waals surface area contributed by atoms with Crippen LogP contribution in [0.4, 0.5) is 0 Å². The molecule has 1 N–H and O–H groups in total. The molecule has 2 aromatic carbocycles. The SMILES string of the molecule is COC(=O)C(O)(Cc1cnc(-c2ccc(Br)cc2)o1)C(Br)c1ccccc1. The van der Waals surface area contributed by atoms with Crippen LogP contribution < -0.4 is 0 Å². The molecular weight excluding hydrogens is 478 g/mol. The quantitative estimate of drug-likeness (QED) is 0.397. The average Bonchev–Trinajstić information content (AvgIpc) is 3.16. The number of rotatable bonds is 6. The van der Waals surface area contributed by atoms with Crippen molar-refractivity contribution >= 4 is 37.8 Å². The van der Waals surface area contributed by atoms with Gasteiger partial charge in [-0.2, -0.15) is 0 Å². The van der Waals surface area contributed by atoms with Gasteiger partial charge in [0.25, 0.3) is 0 Å². The van der Waals surface area contributed by atoms with Gasteiger partial charge in [-0.25, -0.2) is 9.78 Å². The van der Waals surface area contributed by atoms with Crippen LogP contribution in [0.15, 0.2) is 69.7 Å². The lowest BCUT2D eigenvalue weighted by Gasteiger charge is -2.29. The minimum atomic E-state index is -1.85. The Balaban J connectivity index is 1.89. The second-order valence-electron chi connectivity index (χ2n) is 6.00. The lowest BCUT2D eigenvalue weighted by molar-refractivity contribution is -0.162.